The van der Waals surface area contributed by atoms with E-state index < -0.39 is 0 Å². The van der Waals surface area contributed by atoms with Gasteiger partial charge in [-0.3, -0.25) is 5.41 Å². The zero-order chi connectivity index (χ0) is 8.97. The number of hydrogen-bond acceptors (Lipinski definition) is 2. The molecule has 0 spiro atoms. The normalized spacial score (nSPS) is 25.1. The molecule has 0 bridgehead atoms. The van der Waals surface area contributed by atoms with Crippen molar-refractivity contribution in [3.63, 3.8) is 0 Å². The highest BCUT2D eigenvalue weighted by atomic mass is 16.5. The van der Waals surface area contributed by atoms with E-state index in [1.807, 2.05) is 4.90 Å². The van der Waals surface area contributed by atoms with Gasteiger partial charge >= 0.3 is 0 Å². The number of guanidine groups is 1. The van der Waals surface area contributed by atoms with Crippen molar-refractivity contribution in [3.8, 4) is 0 Å². The molecule has 1 unspecified atom stereocenters. The molecule has 1 heterocycles. The van der Waals surface area contributed by atoms with E-state index >= 15 is 0 Å². The van der Waals surface area contributed by atoms with Gasteiger partial charge in [-0.1, -0.05) is 6.92 Å². The molecule has 1 rings (SSSR count). The van der Waals surface area contributed by atoms with Crippen molar-refractivity contribution in [2.45, 2.75) is 25.9 Å². The molecule has 1 aliphatic rings. The molecule has 0 aliphatic carbocycles. The Hall–Kier alpha value is -0.770. The van der Waals surface area contributed by atoms with Gasteiger partial charge in [0, 0.05) is 19.7 Å². The Morgan fingerprint density at radius 3 is 3.08 bits per heavy atom. The van der Waals surface area contributed by atoms with E-state index in [0.717, 1.165) is 32.5 Å². The van der Waals surface area contributed by atoms with Crippen molar-refractivity contribution < 1.29 is 4.74 Å². The summed E-state index contributed by atoms with van der Waals surface area (Å²) >= 11 is 0. The summed E-state index contributed by atoms with van der Waals surface area (Å²) in [5.74, 6) is 0.166. The lowest BCUT2D eigenvalue weighted by Gasteiger charge is -2.22. The number of nitrogens with zero attached hydrogens (tertiary/aromatic N) is 1. The lowest BCUT2D eigenvalue weighted by Crippen LogP contribution is -2.40. The van der Waals surface area contributed by atoms with Crippen LogP contribution in [-0.4, -0.2) is 36.7 Å². The first-order valence-corrected chi connectivity index (χ1v) is 4.44. The van der Waals surface area contributed by atoms with Crippen molar-refractivity contribution in [2.75, 3.05) is 19.7 Å². The van der Waals surface area contributed by atoms with Crippen LogP contribution in [0.4, 0.5) is 0 Å². The Morgan fingerprint density at radius 1 is 1.75 bits per heavy atom. The highest BCUT2D eigenvalue weighted by molar-refractivity contribution is 5.74. The first-order valence-electron chi connectivity index (χ1n) is 4.44. The van der Waals surface area contributed by atoms with Crippen LogP contribution >= 0.6 is 0 Å². The van der Waals surface area contributed by atoms with E-state index in [1.165, 1.54) is 0 Å². The predicted octanol–water partition coefficient (Wildman–Crippen LogP) is 0.381. The van der Waals surface area contributed by atoms with Crippen molar-refractivity contribution in [3.05, 3.63) is 0 Å². The van der Waals surface area contributed by atoms with Crippen LogP contribution < -0.4 is 5.73 Å². The van der Waals surface area contributed by atoms with Crippen LogP contribution in [0, 0.1) is 5.41 Å². The number of nitrogens with one attached hydrogen (secondary N) is 1. The van der Waals surface area contributed by atoms with Crippen LogP contribution in [0.25, 0.3) is 0 Å². The fraction of sp³-hybridized carbons (Fsp3) is 0.875. The van der Waals surface area contributed by atoms with Gasteiger partial charge < -0.3 is 15.4 Å². The van der Waals surface area contributed by atoms with Crippen molar-refractivity contribution in [2.24, 2.45) is 5.73 Å². The lowest BCUT2D eigenvalue weighted by atomic mass is 10.2. The lowest BCUT2D eigenvalue weighted by molar-refractivity contribution is 0.0582. The standard InChI is InChI=1S/C8H17N3O/c1-2-7-6-11(8(9)10)4-3-5-12-7/h7H,2-6H2,1H3,(H3,9,10). The van der Waals surface area contributed by atoms with Gasteiger partial charge in [-0.05, 0) is 12.8 Å². The highest BCUT2D eigenvalue weighted by Gasteiger charge is 2.17. The van der Waals surface area contributed by atoms with E-state index in [-0.39, 0.29) is 12.1 Å². The Morgan fingerprint density at radius 2 is 2.50 bits per heavy atom. The summed E-state index contributed by atoms with van der Waals surface area (Å²) in [6, 6.07) is 0. The van der Waals surface area contributed by atoms with Crippen molar-refractivity contribution in [1.82, 2.24) is 4.90 Å². The molecule has 0 aromatic heterocycles. The first kappa shape index (κ1) is 9.32. The van der Waals surface area contributed by atoms with E-state index in [4.69, 9.17) is 15.9 Å². The van der Waals surface area contributed by atoms with E-state index in [0.29, 0.717) is 0 Å². The fourth-order valence-corrected chi connectivity index (χ4v) is 1.36. The minimum Gasteiger partial charge on any atom is -0.376 e. The van der Waals surface area contributed by atoms with Gasteiger partial charge in [-0.15, -0.1) is 0 Å². The molecule has 4 nitrogen and oxygen atoms in total. The summed E-state index contributed by atoms with van der Waals surface area (Å²) in [4.78, 5) is 1.88. The predicted molar refractivity (Wildman–Crippen MR) is 48.1 cm³/mol. The second-order valence-electron chi connectivity index (χ2n) is 3.09. The first-order chi connectivity index (χ1) is 5.74. The maximum atomic E-state index is 7.30. The second-order valence-corrected chi connectivity index (χ2v) is 3.09. The van der Waals surface area contributed by atoms with Gasteiger partial charge in [-0.25, -0.2) is 0 Å². The molecule has 0 amide bonds. The third-order valence-corrected chi connectivity index (χ3v) is 2.15. The minimum absolute atomic E-state index is 0.166. The van der Waals surface area contributed by atoms with E-state index in [2.05, 4.69) is 6.92 Å². The van der Waals surface area contributed by atoms with Gasteiger partial charge in [0.15, 0.2) is 5.96 Å². The highest BCUT2D eigenvalue weighted by Crippen LogP contribution is 2.07. The molecule has 70 valence electrons. The average molecular weight is 171 g/mol. The number of rotatable bonds is 1. The van der Waals surface area contributed by atoms with Gasteiger partial charge in [-0.2, -0.15) is 0 Å². The summed E-state index contributed by atoms with van der Waals surface area (Å²) < 4.78 is 5.54. The summed E-state index contributed by atoms with van der Waals surface area (Å²) in [5, 5.41) is 7.30. The van der Waals surface area contributed by atoms with Crippen LogP contribution in [-0.2, 0) is 4.74 Å². The topological polar surface area (TPSA) is 62.3 Å². The molecular formula is C8H17N3O. The maximum Gasteiger partial charge on any atom is 0.188 e. The van der Waals surface area contributed by atoms with Crippen molar-refractivity contribution >= 4 is 5.96 Å². The fourth-order valence-electron chi connectivity index (χ4n) is 1.36. The minimum atomic E-state index is 0.166. The van der Waals surface area contributed by atoms with Gasteiger partial charge in [0.2, 0.25) is 0 Å². The van der Waals surface area contributed by atoms with E-state index in [1.54, 1.807) is 0 Å². The molecule has 3 N–H and O–H groups in total. The molecule has 0 aromatic rings. The molecular weight excluding hydrogens is 154 g/mol. The Balaban J connectivity index is 2.47. The van der Waals surface area contributed by atoms with Crippen LogP contribution in [0.2, 0.25) is 0 Å². The quantitative estimate of drug-likeness (QED) is 0.443. The Kier molecular flexibility index (Phi) is 3.34. The van der Waals surface area contributed by atoms with Gasteiger partial charge in [0.05, 0.1) is 6.10 Å². The average Bonchev–Trinajstić information content (AvgIpc) is 2.28. The third kappa shape index (κ3) is 2.37. The second kappa shape index (κ2) is 4.30. The van der Waals surface area contributed by atoms with Crippen LogP contribution in [0.15, 0.2) is 0 Å². The van der Waals surface area contributed by atoms with E-state index in [9.17, 15) is 0 Å². The zero-order valence-electron chi connectivity index (χ0n) is 7.55. The van der Waals surface area contributed by atoms with Gasteiger partial charge in [0.1, 0.15) is 0 Å². The molecule has 1 saturated heterocycles. The summed E-state index contributed by atoms with van der Waals surface area (Å²) in [7, 11) is 0. The summed E-state index contributed by atoms with van der Waals surface area (Å²) in [6.45, 7) is 4.51. The molecule has 0 saturated carbocycles. The molecule has 0 radical (unpaired) electrons. The zero-order valence-corrected chi connectivity index (χ0v) is 7.55. The molecule has 1 fully saturated rings. The summed E-state index contributed by atoms with van der Waals surface area (Å²) in [5.41, 5.74) is 5.41. The molecule has 0 aromatic carbocycles. The molecule has 1 aliphatic heterocycles. The van der Waals surface area contributed by atoms with Crippen LogP contribution in [0.5, 0.6) is 0 Å². The molecule has 1 atom stereocenters. The Labute approximate surface area is 73.2 Å². The van der Waals surface area contributed by atoms with Crippen LogP contribution in [0.1, 0.15) is 19.8 Å². The van der Waals surface area contributed by atoms with Gasteiger partial charge in [0.25, 0.3) is 0 Å². The number of nitrogens with two attached hydrogens (primary N) is 1. The molecule has 12 heavy (non-hydrogen) atoms. The van der Waals surface area contributed by atoms with Crippen LogP contribution in [0.3, 0.4) is 0 Å². The Bertz CT molecular complexity index is 160. The number of ether oxygens (including phenoxy) is 1. The van der Waals surface area contributed by atoms with Crippen molar-refractivity contribution in [1.29, 1.82) is 5.41 Å². The smallest absolute Gasteiger partial charge is 0.188 e. The maximum absolute atomic E-state index is 7.30. The molecule has 4 heteroatoms. The largest absolute Gasteiger partial charge is 0.376 e. The monoisotopic (exact) mass is 171 g/mol. The third-order valence-electron chi connectivity index (χ3n) is 2.15. The number of hydrogen-bond donors (Lipinski definition) is 2. The summed E-state index contributed by atoms with van der Waals surface area (Å²) in [6.07, 6.45) is 2.20. The SMILES string of the molecule is CCC1CN(C(=N)N)CCCO1.